The lowest BCUT2D eigenvalue weighted by atomic mass is 10.0. The zero-order chi connectivity index (χ0) is 13.7. The average molecular weight is 265 g/mol. The molecular formula is C13H23N5O. The lowest BCUT2D eigenvalue weighted by molar-refractivity contribution is 0.171. The number of imidazole rings is 1. The number of likely N-dealkylation sites (N-methyl/N-ethyl adjacent to an activating group) is 1. The van der Waals surface area contributed by atoms with Crippen molar-refractivity contribution in [3.63, 3.8) is 0 Å². The number of aromatic nitrogens is 2. The normalized spacial score (nSPS) is 20.2. The molecule has 106 valence electrons. The maximum atomic E-state index is 12.0. The number of nitrogens with one attached hydrogen (secondary N) is 2. The zero-order valence-corrected chi connectivity index (χ0v) is 11.7. The van der Waals surface area contributed by atoms with E-state index in [2.05, 4.69) is 27.2 Å². The summed E-state index contributed by atoms with van der Waals surface area (Å²) < 4.78 is 0. The highest BCUT2D eigenvalue weighted by molar-refractivity contribution is 5.73. The van der Waals surface area contributed by atoms with Gasteiger partial charge in [0.1, 0.15) is 5.82 Å². The van der Waals surface area contributed by atoms with Gasteiger partial charge in [0.15, 0.2) is 0 Å². The van der Waals surface area contributed by atoms with E-state index in [-0.39, 0.29) is 6.03 Å². The number of hydrogen-bond donors (Lipinski definition) is 2. The minimum atomic E-state index is -0.0460. The molecule has 19 heavy (non-hydrogen) atoms. The fraction of sp³-hybridized carbons (Fsp3) is 0.692. The van der Waals surface area contributed by atoms with Crippen LogP contribution in [0.3, 0.4) is 0 Å². The van der Waals surface area contributed by atoms with Crippen molar-refractivity contribution in [3.8, 4) is 0 Å². The first kappa shape index (κ1) is 13.9. The Morgan fingerprint density at radius 2 is 2.47 bits per heavy atom. The average Bonchev–Trinajstić information content (AvgIpc) is 2.90. The SMILES string of the molecule is CN(Cc1ncc[nH]1)C(=O)NCC1CCCCN1C. The Labute approximate surface area is 114 Å². The Hall–Kier alpha value is -1.56. The molecular weight excluding hydrogens is 242 g/mol. The number of nitrogens with zero attached hydrogens (tertiary/aromatic N) is 3. The molecule has 1 aromatic rings. The quantitative estimate of drug-likeness (QED) is 0.855. The van der Waals surface area contributed by atoms with Crippen molar-refractivity contribution in [2.24, 2.45) is 0 Å². The Morgan fingerprint density at radius 3 is 3.16 bits per heavy atom. The molecule has 0 aliphatic carbocycles. The lowest BCUT2D eigenvalue weighted by Gasteiger charge is -2.32. The lowest BCUT2D eigenvalue weighted by Crippen LogP contribution is -2.47. The monoisotopic (exact) mass is 265 g/mol. The third kappa shape index (κ3) is 3.96. The summed E-state index contributed by atoms with van der Waals surface area (Å²) in [5, 5.41) is 3.00. The van der Waals surface area contributed by atoms with Gasteiger partial charge >= 0.3 is 6.03 Å². The first-order valence-corrected chi connectivity index (χ1v) is 6.84. The second-order valence-electron chi connectivity index (χ2n) is 5.21. The van der Waals surface area contributed by atoms with Gasteiger partial charge < -0.3 is 20.1 Å². The summed E-state index contributed by atoms with van der Waals surface area (Å²) in [5.41, 5.74) is 0. The Morgan fingerprint density at radius 1 is 1.63 bits per heavy atom. The second kappa shape index (κ2) is 6.56. The fourth-order valence-corrected chi connectivity index (χ4v) is 2.42. The first-order chi connectivity index (χ1) is 9.16. The van der Waals surface area contributed by atoms with Crippen LogP contribution in [-0.4, -0.2) is 59.0 Å². The number of carbonyl (C=O) groups excluding carboxylic acids is 1. The summed E-state index contributed by atoms with van der Waals surface area (Å²) in [7, 11) is 3.91. The van der Waals surface area contributed by atoms with Crippen molar-refractivity contribution in [1.82, 2.24) is 25.1 Å². The third-order valence-electron chi connectivity index (χ3n) is 3.70. The van der Waals surface area contributed by atoms with Gasteiger partial charge in [0.25, 0.3) is 0 Å². The molecule has 0 saturated carbocycles. The third-order valence-corrected chi connectivity index (χ3v) is 3.70. The van der Waals surface area contributed by atoms with Crippen molar-refractivity contribution in [1.29, 1.82) is 0 Å². The number of carbonyl (C=O) groups is 1. The van der Waals surface area contributed by atoms with Gasteiger partial charge in [-0.15, -0.1) is 0 Å². The molecule has 6 nitrogen and oxygen atoms in total. The maximum Gasteiger partial charge on any atom is 0.317 e. The van der Waals surface area contributed by atoms with E-state index in [1.54, 1.807) is 24.3 Å². The van der Waals surface area contributed by atoms with Crippen LogP contribution in [0.2, 0.25) is 0 Å². The van der Waals surface area contributed by atoms with Crippen LogP contribution in [0.1, 0.15) is 25.1 Å². The number of urea groups is 1. The molecule has 1 aliphatic rings. The molecule has 0 spiro atoms. The van der Waals surface area contributed by atoms with E-state index in [1.807, 2.05) is 0 Å². The minimum absolute atomic E-state index is 0.0460. The Bertz CT molecular complexity index is 392. The van der Waals surface area contributed by atoms with Gasteiger partial charge in [0.05, 0.1) is 6.54 Å². The van der Waals surface area contributed by atoms with Gasteiger partial charge in [-0.2, -0.15) is 0 Å². The molecule has 2 rings (SSSR count). The largest absolute Gasteiger partial charge is 0.347 e. The van der Waals surface area contributed by atoms with Crippen LogP contribution in [0.4, 0.5) is 4.79 Å². The number of amides is 2. The number of piperidine rings is 1. The van der Waals surface area contributed by atoms with Gasteiger partial charge in [0.2, 0.25) is 0 Å². The number of hydrogen-bond acceptors (Lipinski definition) is 3. The molecule has 0 aromatic carbocycles. The molecule has 1 unspecified atom stereocenters. The van der Waals surface area contributed by atoms with Gasteiger partial charge in [-0.1, -0.05) is 6.42 Å². The molecule has 0 bridgehead atoms. The molecule has 2 heterocycles. The number of likely N-dealkylation sites (tertiary alicyclic amines) is 1. The second-order valence-corrected chi connectivity index (χ2v) is 5.21. The molecule has 2 amide bonds. The van der Waals surface area contributed by atoms with E-state index < -0.39 is 0 Å². The zero-order valence-electron chi connectivity index (χ0n) is 11.7. The van der Waals surface area contributed by atoms with Crippen molar-refractivity contribution in [2.45, 2.75) is 31.8 Å². The first-order valence-electron chi connectivity index (χ1n) is 6.84. The number of rotatable bonds is 4. The number of H-pyrrole nitrogens is 1. The Balaban J connectivity index is 1.74. The molecule has 2 N–H and O–H groups in total. The summed E-state index contributed by atoms with van der Waals surface area (Å²) in [6.07, 6.45) is 7.14. The van der Waals surface area contributed by atoms with Crippen LogP contribution in [0.15, 0.2) is 12.4 Å². The van der Waals surface area contributed by atoms with Crippen molar-refractivity contribution < 1.29 is 4.79 Å². The highest BCUT2D eigenvalue weighted by atomic mass is 16.2. The van der Waals surface area contributed by atoms with Crippen molar-refractivity contribution >= 4 is 6.03 Å². The van der Waals surface area contributed by atoms with Crippen LogP contribution in [0.5, 0.6) is 0 Å². The van der Waals surface area contributed by atoms with Crippen LogP contribution >= 0.6 is 0 Å². The summed E-state index contributed by atoms with van der Waals surface area (Å²) in [4.78, 5) is 23.1. The highest BCUT2D eigenvalue weighted by Crippen LogP contribution is 2.14. The molecule has 1 aliphatic heterocycles. The van der Waals surface area contributed by atoms with Gasteiger partial charge in [-0.3, -0.25) is 0 Å². The predicted molar refractivity (Wildman–Crippen MR) is 73.7 cm³/mol. The van der Waals surface area contributed by atoms with Crippen molar-refractivity contribution in [3.05, 3.63) is 18.2 Å². The molecule has 1 atom stereocenters. The molecule has 1 saturated heterocycles. The molecule has 1 aromatic heterocycles. The van der Waals surface area contributed by atoms with Crippen molar-refractivity contribution in [2.75, 3.05) is 27.2 Å². The van der Waals surface area contributed by atoms with Crippen LogP contribution in [0.25, 0.3) is 0 Å². The van der Waals surface area contributed by atoms with Gasteiger partial charge in [-0.25, -0.2) is 9.78 Å². The highest BCUT2D eigenvalue weighted by Gasteiger charge is 2.20. The molecule has 6 heteroatoms. The minimum Gasteiger partial charge on any atom is -0.347 e. The molecule has 1 fully saturated rings. The van der Waals surface area contributed by atoms with Crippen LogP contribution in [0, 0.1) is 0 Å². The summed E-state index contributed by atoms with van der Waals surface area (Å²) in [6, 6.07) is 0.421. The van der Waals surface area contributed by atoms with E-state index in [9.17, 15) is 4.79 Å². The van der Waals surface area contributed by atoms with E-state index >= 15 is 0 Å². The summed E-state index contributed by atoms with van der Waals surface area (Å²) >= 11 is 0. The predicted octanol–water partition coefficient (Wildman–Crippen LogP) is 1.04. The molecule has 0 radical (unpaired) electrons. The number of aromatic amines is 1. The van der Waals surface area contributed by atoms with Gasteiger partial charge in [-0.05, 0) is 26.4 Å². The van der Waals surface area contributed by atoms with Crippen LogP contribution in [-0.2, 0) is 6.54 Å². The summed E-state index contributed by atoms with van der Waals surface area (Å²) in [6.45, 7) is 2.35. The van der Waals surface area contributed by atoms with E-state index in [0.29, 0.717) is 12.6 Å². The smallest absolute Gasteiger partial charge is 0.317 e. The van der Waals surface area contributed by atoms with E-state index in [4.69, 9.17) is 0 Å². The maximum absolute atomic E-state index is 12.0. The fourth-order valence-electron chi connectivity index (χ4n) is 2.42. The topological polar surface area (TPSA) is 64.3 Å². The van der Waals surface area contributed by atoms with E-state index in [1.165, 1.54) is 19.3 Å². The summed E-state index contributed by atoms with van der Waals surface area (Å²) in [5.74, 6) is 0.799. The van der Waals surface area contributed by atoms with Gasteiger partial charge in [0, 0.05) is 32.0 Å². The van der Waals surface area contributed by atoms with Crippen LogP contribution < -0.4 is 5.32 Å². The van der Waals surface area contributed by atoms with E-state index in [0.717, 1.165) is 18.9 Å². The Kier molecular flexibility index (Phi) is 4.79. The standard InChI is InChI=1S/C13H23N5O/c1-17-8-4-3-5-11(17)9-16-13(19)18(2)10-12-14-6-7-15-12/h6-7,11H,3-5,8-10H2,1-2H3,(H,14,15)(H,16,19).